The van der Waals surface area contributed by atoms with Crippen molar-refractivity contribution in [3.63, 3.8) is 0 Å². The van der Waals surface area contributed by atoms with E-state index in [1.54, 1.807) is 0 Å². The van der Waals surface area contributed by atoms with E-state index in [1.807, 2.05) is 26.2 Å². The minimum atomic E-state index is -1.03. The number of aryl methyl sites for hydroxylation is 1. The molecule has 2 aliphatic heterocycles. The number of esters is 1. The summed E-state index contributed by atoms with van der Waals surface area (Å²) in [7, 11) is 0. The van der Waals surface area contributed by atoms with Crippen molar-refractivity contribution in [2.45, 2.75) is 96.1 Å². The summed E-state index contributed by atoms with van der Waals surface area (Å²) in [5, 5.41) is 0. The molecule has 9 heteroatoms. The van der Waals surface area contributed by atoms with Gasteiger partial charge in [0.15, 0.2) is 0 Å². The third-order valence-electron chi connectivity index (χ3n) is 8.00. The molecule has 38 heavy (non-hydrogen) atoms. The van der Waals surface area contributed by atoms with Crippen LogP contribution in [0.15, 0.2) is 30.6 Å². The lowest BCUT2D eigenvalue weighted by molar-refractivity contribution is -0.186. The SMILES string of the molecule is CC(C)C(OC(=O)OC1CCCCC1)OC(=O)[C@H](Cc1ncn2c1CCc1ccccc1-2)N1CC[C@H](N)C1. The number of fused-ring (bicyclic) bond motifs is 3. The third-order valence-corrected chi connectivity index (χ3v) is 8.00. The van der Waals surface area contributed by atoms with E-state index in [-0.39, 0.29) is 18.1 Å². The molecular weight excluding hydrogens is 484 g/mol. The highest BCUT2D eigenvalue weighted by molar-refractivity contribution is 5.76. The molecule has 3 atom stereocenters. The first kappa shape index (κ1) is 26.7. The Kier molecular flexibility index (Phi) is 8.33. The summed E-state index contributed by atoms with van der Waals surface area (Å²) in [5.41, 5.74) is 10.7. The first-order valence-electron chi connectivity index (χ1n) is 14.1. The number of imidazole rings is 1. The largest absolute Gasteiger partial charge is 0.511 e. The number of hydrogen-bond acceptors (Lipinski definition) is 8. The van der Waals surface area contributed by atoms with Crippen molar-refractivity contribution < 1.29 is 23.8 Å². The number of carbonyl (C=O) groups excluding carboxylic acids is 2. The molecule has 1 aliphatic carbocycles. The van der Waals surface area contributed by atoms with Gasteiger partial charge in [-0.2, -0.15) is 0 Å². The molecule has 1 saturated heterocycles. The van der Waals surface area contributed by atoms with Crippen LogP contribution in [0.2, 0.25) is 0 Å². The summed E-state index contributed by atoms with van der Waals surface area (Å²) >= 11 is 0. The predicted octanol–water partition coefficient (Wildman–Crippen LogP) is 3.93. The molecule has 2 aromatic rings. The molecule has 206 valence electrons. The Hall–Kier alpha value is -2.91. The molecule has 5 rings (SSSR count). The Balaban J connectivity index is 1.30. The molecule has 3 aliphatic rings. The Morgan fingerprint density at radius 1 is 1.08 bits per heavy atom. The van der Waals surface area contributed by atoms with Gasteiger partial charge in [-0.1, -0.05) is 38.5 Å². The number of hydrogen-bond donors (Lipinski definition) is 1. The van der Waals surface area contributed by atoms with Gasteiger partial charge in [-0.15, -0.1) is 0 Å². The standard InChI is InChI=1S/C29H40N4O5/c1-19(2)28(38-29(35)36-22-9-4-3-5-10-22)37-27(34)26(32-15-14-21(30)17-32)16-23-25-13-12-20-8-6-7-11-24(20)33(25)18-31-23/h6-8,11,18-19,21-22,26,28H,3-5,9-10,12-17,30H2,1-2H3/t21-,26-,28?/m0/s1. The van der Waals surface area contributed by atoms with Crippen LogP contribution in [0.1, 0.15) is 69.3 Å². The zero-order chi connectivity index (χ0) is 26.6. The van der Waals surface area contributed by atoms with E-state index < -0.39 is 24.5 Å². The van der Waals surface area contributed by atoms with E-state index in [4.69, 9.17) is 24.9 Å². The second-order valence-electron chi connectivity index (χ2n) is 11.2. The Labute approximate surface area is 224 Å². The molecule has 0 spiro atoms. The molecule has 3 heterocycles. The minimum absolute atomic E-state index is 0.00991. The maximum atomic E-state index is 13.6. The molecule has 1 saturated carbocycles. The number of nitrogens with zero attached hydrogens (tertiary/aromatic N) is 3. The summed E-state index contributed by atoms with van der Waals surface area (Å²) in [6, 6.07) is 7.78. The van der Waals surface area contributed by atoms with Crippen LogP contribution in [-0.2, 0) is 38.3 Å². The van der Waals surface area contributed by atoms with E-state index in [0.29, 0.717) is 19.5 Å². The minimum Gasteiger partial charge on any atom is -0.431 e. The first-order chi connectivity index (χ1) is 18.4. The van der Waals surface area contributed by atoms with Crippen LogP contribution in [0.4, 0.5) is 4.79 Å². The summed E-state index contributed by atoms with van der Waals surface area (Å²) < 4.78 is 19.0. The van der Waals surface area contributed by atoms with Gasteiger partial charge in [0.25, 0.3) is 6.29 Å². The monoisotopic (exact) mass is 524 g/mol. The number of nitrogens with two attached hydrogens (primary N) is 1. The molecule has 0 radical (unpaired) electrons. The summed E-state index contributed by atoms with van der Waals surface area (Å²) in [6.45, 7) is 5.03. The van der Waals surface area contributed by atoms with Crippen molar-refractivity contribution in [3.8, 4) is 5.69 Å². The van der Waals surface area contributed by atoms with Gasteiger partial charge in [0, 0.05) is 42.9 Å². The number of rotatable bonds is 8. The zero-order valence-corrected chi connectivity index (χ0v) is 22.5. The molecular formula is C29H40N4O5. The van der Waals surface area contributed by atoms with Gasteiger partial charge in [0.2, 0.25) is 0 Å². The Morgan fingerprint density at radius 3 is 2.61 bits per heavy atom. The highest BCUT2D eigenvalue weighted by Crippen LogP contribution is 2.28. The van der Waals surface area contributed by atoms with E-state index in [0.717, 1.165) is 68.4 Å². The molecule has 0 amide bonds. The highest BCUT2D eigenvalue weighted by Gasteiger charge is 2.37. The van der Waals surface area contributed by atoms with Crippen LogP contribution < -0.4 is 5.73 Å². The van der Waals surface area contributed by atoms with Crippen molar-refractivity contribution in [3.05, 3.63) is 47.5 Å². The van der Waals surface area contributed by atoms with Crippen molar-refractivity contribution >= 4 is 12.1 Å². The first-order valence-corrected chi connectivity index (χ1v) is 14.1. The average molecular weight is 525 g/mol. The van der Waals surface area contributed by atoms with Crippen LogP contribution in [-0.4, -0.2) is 64.1 Å². The topological polar surface area (TPSA) is 109 Å². The molecule has 9 nitrogen and oxygen atoms in total. The van der Waals surface area contributed by atoms with E-state index in [9.17, 15) is 9.59 Å². The Bertz CT molecular complexity index is 1130. The van der Waals surface area contributed by atoms with Crippen molar-refractivity contribution in [1.29, 1.82) is 0 Å². The summed E-state index contributed by atoms with van der Waals surface area (Å²) in [5.74, 6) is -0.655. The van der Waals surface area contributed by atoms with Gasteiger partial charge in [0.1, 0.15) is 12.1 Å². The van der Waals surface area contributed by atoms with E-state index >= 15 is 0 Å². The van der Waals surface area contributed by atoms with Crippen LogP contribution in [0.25, 0.3) is 5.69 Å². The predicted molar refractivity (Wildman–Crippen MR) is 142 cm³/mol. The maximum absolute atomic E-state index is 13.6. The normalized spacial score (nSPS) is 21.4. The average Bonchev–Trinajstić information content (AvgIpc) is 3.53. The van der Waals surface area contributed by atoms with Gasteiger partial charge in [-0.25, -0.2) is 9.78 Å². The van der Waals surface area contributed by atoms with Gasteiger partial charge in [-0.3, -0.25) is 9.69 Å². The van der Waals surface area contributed by atoms with Gasteiger partial charge < -0.3 is 24.5 Å². The van der Waals surface area contributed by atoms with E-state index in [1.165, 1.54) is 5.56 Å². The molecule has 2 fully saturated rings. The lowest BCUT2D eigenvalue weighted by atomic mass is 9.98. The van der Waals surface area contributed by atoms with Crippen LogP contribution in [0, 0.1) is 5.92 Å². The second-order valence-corrected chi connectivity index (χ2v) is 11.2. The fourth-order valence-electron chi connectivity index (χ4n) is 5.84. The van der Waals surface area contributed by atoms with E-state index in [2.05, 4.69) is 27.7 Å². The van der Waals surface area contributed by atoms with Gasteiger partial charge >= 0.3 is 12.1 Å². The highest BCUT2D eigenvalue weighted by atomic mass is 16.8. The second kappa shape index (κ2) is 11.9. The molecule has 1 unspecified atom stereocenters. The van der Waals surface area contributed by atoms with Crippen molar-refractivity contribution in [1.82, 2.24) is 14.5 Å². The number of aromatic nitrogens is 2. The van der Waals surface area contributed by atoms with Crippen LogP contribution >= 0.6 is 0 Å². The fraction of sp³-hybridized carbons (Fsp3) is 0.621. The number of ether oxygens (including phenoxy) is 3. The molecule has 1 aromatic carbocycles. The molecule has 2 N–H and O–H groups in total. The smallest absolute Gasteiger partial charge is 0.431 e. The number of benzene rings is 1. The fourth-order valence-corrected chi connectivity index (χ4v) is 5.84. The number of carbonyl (C=O) groups is 2. The maximum Gasteiger partial charge on any atom is 0.511 e. The van der Waals surface area contributed by atoms with Crippen molar-refractivity contribution in [2.24, 2.45) is 11.7 Å². The zero-order valence-electron chi connectivity index (χ0n) is 22.5. The number of likely N-dealkylation sites (tertiary alicyclic amines) is 1. The van der Waals surface area contributed by atoms with Crippen LogP contribution in [0.5, 0.6) is 0 Å². The summed E-state index contributed by atoms with van der Waals surface area (Å²) in [6.07, 6.45) is 7.88. The number of para-hydroxylation sites is 1. The molecule has 1 aromatic heterocycles. The quantitative estimate of drug-likeness (QED) is 0.409. The van der Waals surface area contributed by atoms with Crippen molar-refractivity contribution in [2.75, 3.05) is 13.1 Å². The van der Waals surface area contributed by atoms with Crippen LogP contribution in [0.3, 0.4) is 0 Å². The summed E-state index contributed by atoms with van der Waals surface area (Å²) in [4.78, 5) is 33.0. The Morgan fingerprint density at radius 2 is 1.87 bits per heavy atom. The lowest BCUT2D eigenvalue weighted by Gasteiger charge is -2.29. The van der Waals surface area contributed by atoms with Gasteiger partial charge in [-0.05, 0) is 56.6 Å². The molecule has 0 bridgehead atoms. The van der Waals surface area contributed by atoms with Gasteiger partial charge in [0.05, 0.1) is 12.0 Å². The third kappa shape index (κ3) is 6.04. The lowest BCUT2D eigenvalue weighted by Crippen LogP contribution is -2.46.